The van der Waals surface area contributed by atoms with Gasteiger partial charge in [0.25, 0.3) is 0 Å². The number of aromatic nitrogens is 1. The number of aryl methyl sites for hydroxylation is 1. The Kier molecular flexibility index (Phi) is 5.38. The lowest BCUT2D eigenvalue weighted by molar-refractivity contribution is 0.214. The first-order valence-electron chi connectivity index (χ1n) is 7.90. The van der Waals surface area contributed by atoms with Gasteiger partial charge in [-0.3, -0.25) is 4.98 Å². The van der Waals surface area contributed by atoms with Crippen LogP contribution < -0.4 is 5.32 Å². The predicted octanol–water partition coefficient (Wildman–Crippen LogP) is 4.12. The van der Waals surface area contributed by atoms with Crippen molar-refractivity contribution in [3.05, 3.63) is 29.6 Å². The zero-order valence-electron chi connectivity index (χ0n) is 12.7. The van der Waals surface area contributed by atoms with Gasteiger partial charge in [0.05, 0.1) is 0 Å². The summed E-state index contributed by atoms with van der Waals surface area (Å²) in [5.74, 6) is 1.72. The van der Waals surface area contributed by atoms with Crippen molar-refractivity contribution >= 4 is 0 Å². The number of pyridine rings is 1. The molecule has 1 heterocycles. The Bertz CT molecular complexity index is 389. The van der Waals surface area contributed by atoms with Crippen molar-refractivity contribution in [1.29, 1.82) is 0 Å². The van der Waals surface area contributed by atoms with Crippen LogP contribution in [0.4, 0.5) is 0 Å². The Morgan fingerprint density at radius 2 is 2.21 bits per heavy atom. The minimum Gasteiger partial charge on any atom is -0.313 e. The second kappa shape index (κ2) is 7.04. The SMILES string of the molecule is CCc1cnccc1C(NC)C1CCCC(CC)C1. The summed E-state index contributed by atoms with van der Waals surface area (Å²) in [7, 11) is 2.11. The summed E-state index contributed by atoms with van der Waals surface area (Å²) in [6, 6.07) is 2.72. The van der Waals surface area contributed by atoms with Crippen LogP contribution in [0.5, 0.6) is 0 Å². The van der Waals surface area contributed by atoms with Crippen LogP contribution in [0.2, 0.25) is 0 Å². The Morgan fingerprint density at radius 3 is 2.89 bits per heavy atom. The first-order valence-corrected chi connectivity index (χ1v) is 7.90. The Balaban J connectivity index is 2.19. The highest BCUT2D eigenvalue weighted by atomic mass is 14.9. The van der Waals surface area contributed by atoms with Gasteiger partial charge in [0.15, 0.2) is 0 Å². The molecule has 19 heavy (non-hydrogen) atoms. The van der Waals surface area contributed by atoms with E-state index in [0.717, 1.165) is 18.3 Å². The van der Waals surface area contributed by atoms with E-state index in [1.165, 1.54) is 43.2 Å². The molecule has 1 aromatic rings. The molecule has 106 valence electrons. The van der Waals surface area contributed by atoms with Crippen LogP contribution in [-0.4, -0.2) is 12.0 Å². The van der Waals surface area contributed by atoms with Crippen LogP contribution in [0.1, 0.15) is 63.1 Å². The van der Waals surface area contributed by atoms with Crippen molar-refractivity contribution < 1.29 is 0 Å². The number of rotatable bonds is 5. The Morgan fingerprint density at radius 1 is 1.37 bits per heavy atom. The van der Waals surface area contributed by atoms with Crippen molar-refractivity contribution in [1.82, 2.24) is 10.3 Å². The summed E-state index contributed by atoms with van der Waals surface area (Å²) in [6.45, 7) is 4.56. The molecule has 1 N–H and O–H groups in total. The van der Waals surface area contributed by atoms with Crippen LogP contribution in [0.3, 0.4) is 0 Å². The van der Waals surface area contributed by atoms with Gasteiger partial charge in [-0.1, -0.05) is 33.1 Å². The zero-order valence-corrected chi connectivity index (χ0v) is 12.7. The number of nitrogens with zero attached hydrogens (tertiary/aromatic N) is 1. The highest BCUT2D eigenvalue weighted by molar-refractivity contribution is 5.27. The summed E-state index contributed by atoms with van der Waals surface area (Å²) < 4.78 is 0. The number of hydrogen-bond donors (Lipinski definition) is 1. The largest absolute Gasteiger partial charge is 0.313 e. The molecule has 1 saturated carbocycles. The van der Waals surface area contributed by atoms with Crippen molar-refractivity contribution in [2.75, 3.05) is 7.05 Å². The molecule has 0 aliphatic heterocycles. The fraction of sp³-hybridized carbons (Fsp3) is 0.706. The molecule has 0 saturated heterocycles. The standard InChI is InChI=1S/C17H28N2/c1-4-13-7-6-8-15(11-13)17(18-3)16-9-10-19-12-14(16)5-2/h9-10,12-13,15,17-18H,4-8,11H2,1-3H3. The molecule has 3 unspecified atom stereocenters. The molecule has 2 rings (SSSR count). The van der Waals surface area contributed by atoms with Crippen LogP contribution in [0, 0.1) is 11.8 Å². The number of hydrogen-bond acceptors (Lipinski definition) is 2. The zero-order chi connectivity index (χ0) is 13.7. The third-order valence-corrected chi connectivity index (χ3v) is 4.84. The molecule has 0 bridgehead atoms. The highest BCUT2D eigenvalue weighted by Gasteiger charge is 2.28. The summed E-state index contributed by atoms with van der Waals surface area (Å²) >= 11 is 0. The van der Waals surface area contributed by atoms with Gasteiger partial charge in [0, 0.05) is 18.4 Å². The first-order chi connectivity index (χ1) is 9.30. The van der Waals surface area contributed by atoms with Crippen molar-refractivity contribution in [3.8, 4) is 0 Å². The minimum atomic E-state index is 0.507. The van der Waals surface area contributed by atoms with Gasteiger partial charge in [-0.15, -0.1) is 0 Å². The molecule has 1 aliphatic rings. The van der Waals surface area contributed by atoms with E-state index in [0.29, 0.717) is 6.04 Å². The van der Waals surface area contributed by atoms with Crippen LogP contribution in [0.25, 0.3) is 0 Å². The third-order valence-electron chi connectivity index (χ3n) is 4.84. The van der Waals surface area contributed by atoms with E-state index >= 15 is 0 Å². The lowest BCUT2D eigenvalue weighted by atomic mass is 9.74. The van der Waals surface area contributed by atoms with E-state index in [1.807, 2.05) is 12.4 Å². The summed E-state index contributed by atoms with van der Waals surface area (Å²) in [5, 5.41) is 3.58. The van der Waals surface area contributed by atoms with E-state index in [-0.39, 0.29) is 0 Å². The van der Waals surface area contributed by atoms with Crippen molar-refractivity contribution in [2.24, 2.45) is 11.8 Å². The topological polar surface area (TPSA) is 24.9 Å². The number of nitrogens with one attached hydrogen (secondary N) is 1. The summed E-state index contributed by atoms with van der Waals surface area (Å²) in [4.78, 5) is 4.28. The van der Waals surface area contributed by atoms with E-state index < -0.39 is 0 Å². The molecule has 0 amide bonds. The average molecular weight is 260 g/mol. The van der Waals surface area contributed by atoms with E-state index in [9.17, 15) is 0 Å². The monoisotopic (exact) mass is 260 g/mol. The quantitative estimate of drug-likeness (QED) is 0.861. The van der Waals surface area contributed by atoms with Crippen LogP contribution in [-0.2, 0) is 6.42 Å². The van der Waals surface area contributed by atoms with E-state index in [2.05, 4.69) is 37.3 Å². The molecule has 2 nitrogen and oxygen atoms in total. The van der Waals surface area contributed by atoms with Gasteiger partial charge in [-0.25, -0.2) is 0 Å². The molecular formula is C17H28N2. The lowest BCUT2D eigenvalue weighted by Crippen LogP contribution is -2.30. The summed E-state index contributed by atoms with van der Waals surface area (Å²) in [5.41, 5.74) is 2.88. The second-order valence-corrected chi connectivity index (χ2v) is 5.90. The molecule has 0 spiro atoms. The highest BCUT2D eigenvalue weighted by Crippen LogP contribution is 2.39. The summed E-state index contributed by atoms with van der Waals surface area (Å²) in [6.07, 6.45) is 12.0. The van der Waals surface area contributed by atoms with Gasteiger partial charge >= 0.3 is 0 Å². The van der Waals surface area contributed by atoms with Gasteiger partial charge in [0.1, 0.15) is 0 Å². The minimum absolute atomic E-state index is 0.507. The molecular weight excluding hydrogens is 232 g/mol. The van der Waals surface area contributed by atoms with Crippen LogP contribution in [0.15, 0.2) is 18.5 Å². The van der Waals surface area contributed by atoms with Crippen molar-refractivity contribution in [3.63, 3.8) is 0 Å². The molecule has 1 aliphatic carbocycles. The maximum atomic E-state index is 4.28. The van der Waals surface area contributed by atoms with Crippen LogP contribution >= 0.6 is 0 Å². The molecule has 1 aromatic heterocycles. The third kappa shape index (κ3) is 3.36. The fourth-order valence-corrected chi connectivity index (χ4v) is 3.69. The Labute approximate surface area is 118 Å². The van der Waals surface area contributed by atoms with Gasteiger partial charge in [-0.2, -0.15) is 0 Å². The Hall–Kier alpha value is -0.890. The predicted molar refractivity (Wildman–Crippen MR) is 81.2 cm³/mol. The fourth-order valence-electron chi connectivity index (χ4n) is 3.69. The lowest BCUT2D eigenvalue weighted by Gasteiger charge is -2.35. The molecule has 0 radical (unpaired) electrons. The van der Waals surface area contributed by atoms with Gasteiger partial charge in [0.2, 0.25) is 0 Å². The molecule has 2 heteroatoms. The van der Waals surface area contributed by atoms with Gasteiger partial charge < -0.3 is 5.32 Å². The van der Waals surface area contributed by atoms with E-state index in [4.69, 9.17) is 0 Å². The normalized spacial score (nSPS) is 25.2. The first kappa shape index (κ1) is 14.5. The van der Waals surface area contributed by atoms with Crippen molar-refractivity contribution in [2.45, 2.75) is 58.4 Å². The maximum absolute atomic E-state index is 4.28. The average Bonchev–Trinajstić information content (AvgIpc) is 2.49. The maximum Gasteiger partial charge on any atom is 0.0350 e. The van der Waals surface area contributed by atoms with E-state index in [1.54, 1.807) is 0 Å². The second-order valence-electron chi connectivity index (χ2n) is 5.90. The smallest absolute Gasteiger partial charge is 0.0350 e. The molecule has 0 aromatic carbocycles. The molecule has 1 fully saturated rings. The van der Waals surface area contributed by atoms with Gasteiger partial charge in [-0.05, 0) is 55.3 Å². The molecule has 3 atom stereocenters.